The van der Waals surface area contributed by atoms with Crippen molar-refractivity contribution in [3.63, 3.8) is 0 Å². The summed E-state index contributed by atoms with van der Waals surface area (Å²) in [6.45, 7) is 1.27. The molecule has 19 heavy (non-hydrogen) atoms. The number of nitriles is 1. The maximum absolute atomic E-state index is 10.7. The molecule has 1 aromatic carbocycles. The first kappa shape index (κ1) is 13.3. The Morgan fingerprint density at radius 3 is 2.89 bits per heavy atom. The summed E-state index contributed by atoms with van der Waals surface area (Å²) >= 11 is 1.42. The number of carboxylic acid groups (broad SMARTS) is 1. The van der Waals surface area contributed by atoms with Crippen LogP contribution in [0.2, 0.25) is 0 Å². The lowest BCUT2D eigenvalue weighted by atomic mass is 10.1. The lowest BCUT2D eigenvalue weighted by Gasteiger charge is -2.03. The van der Waals surface area contributed by atoms with E-state index < -0.39 is 5.97 Å². The predicted octanol–water partition coefficient (Wildman–Crippen LogP) is 2.61. The van der Waals surface area contributed by atoms with Crippen LogP contribution in [0.15, 0.2) is 35.7 Å². The van der Waals surface area contributed by atoms with Crippen molar-refractivity contribution in [2.45, 2.75) is 13.1 Å². The molecule has 0 aliphatic heterocycles. The third-order valence-electron chi connectivity index (χ3n) is 2.59. The summed E-state index contributed by atoms with van der Waals surface area (Å²) < 4.78 is 0. The molecule has 0 aliphatic carbocycles. The number of benzene rings is 1. The highest BCUT2D eigenvalue weighted by atomic mass is 32.1. The van der Waals surface area contributed by atoms with Crippen LogP contribution in [-0.2, 0) is 13.1 Å². The highest BCUT2D eigenvalue weighted by Crippen LogP contribution is 2.14. The molecule has 1 aromatic heterocycles. The van der Waals surface area contributed by atoms with Crippen molar-refractivity contribution in [1.29, 1.82) is 5.26 Å². The molecule has 2 N–H and O–H groups in total. The van der Waals surface area contributed by atoms with E-state index in [1.165, 1.54) is 11.3 Å². The molecule has 2 aromatic rings. The fourth-order valence-corrected chi connectivity index (χ4v) is 2.49. The Labute approximate surface area is 114 Å². The van der Waals surface area contributed by atoms with Gasteiger partial charge >= 0.3 is 5.97 Å². The summed E-state index contributed by atoms with van der Waals surface area (Å²) in [6.07, 6.45) is 0. The Bertz CT molecular complexity index is 628. The van der Waals surface area contributed by atoms with Crippen molar-refractivity contribution in [2.75, 3.05) is 0 Å². The molecule has 0 spiro atoms. The third-order valence-corrected chi connectivity index (χ3v) is 3.52. The number of carboxylic acids is 1. The Balaban J connectivity index is 1.89. The van der Waals surface area contributed by atoms with Gasteiger partial charge in [0.05, 0.1) is 17.2 Å². The average molecular weight is 272 g/mol. The molecule has 0 amide bonds. The van der Waals surface area contributed by atoms with Gasteiger partial charge in [-0.2, -0.15) is 5.26 Å². The third kappa shape index (κ3) is 3.65. The highest BCUT2D eigenvalue weighted by molar-refractivity contribution is 7.10. The summed E-state index contributed by atoms with van der Waals surface area (Å²) in [6, 6.07) is 11.2. The molecule has 96 valence electrons. The number of hydrogen-bond donors (Lipinski definition) is 2. The first-order valence-corrected chi connectivity index (χ1v) is 6.57. The standard InChI is InChI=1S/C14H12N2O2S/c15-6-10-2-1-3-11(4-10)7-16-8-13-5-12(9-19-13)14(17)18/h1-5,9,16H,7-8H2,(H,17,18). The second-order valence-electron chi connectivity index (χ2n) is 4.02. The van der Waals surface area contributed by atoms with E-state index in [-0.39, 0.29) is 0 Å². The van der Waals surface area contributed by atoms with Crippen molar-refractivity contribution in [3.8, 4) is 6.07 Å². The molecule has 0 aliphatic rings. The second-order valence-corrected chi connectivity index (χ2v) is 5.02. The van der Waals surface area contributed by atoms with Gasteiger partial charge in [-0.25, -0.2) is 4.79 Å². The molecule has 0 saturated carbocycles. The quantitative estimate of drug-likeness (QED) is 0.877. The largest absolute Gasteiger partial charge is 0.478 e. The molecule has 0 saturated heterocycles. The monoisotopic (exact) mass is 272 g/mol. The van der Waals surface area contributed by atoms with Crippen molar-refractivity contribution in [2.24, 2.45) is 0 Å². The van der Waals surface area contributed by atoms with Crippen LogP contribution in [0.4, 0.5) is 0 Å². The van der Waals surface area contributed by atoms with Crippen molar-refractivity contribution in [1.82, 2.24) is 5.32 Å². The maximum Gasteiger partial charge on any atom is 0.336 e. The fraction of sp³-hybridized carbons (Fsp3) is 0.143. The molecule has 1 heterocycles. The fourth-order valence-electron chi connectivity index (χ4n) is 1.67. The number of hydrogen-bond acceptors (Lipinski definition) is 4. The minimum absolute atomic E-state index is 0.327. The second kappa shape index (κ2) is 6.14. The van der Waals surface area contributed by atoms with Crippen LogP contribution in [0.1, 0.15) is 26.4 Å². The van der Waals surface area contributed by atoms with Crippen LogP contribution >= 0.6 is 11.3 Å². The molecule has 5 heteroatoms. The number of thiophene rings is 1. The highest BCUT2D eigenvalue weighted by Gasteiger charge is 2.05. The lowest BCUT2D eigenvalue weighted by molar-refractivity contribution is 0.0697. The van der Waals surface area contributed by atoms with E-state index in [4.69, 9.17) is 10.4 Å². The molecule has 0 fully saturated rings. The van der Waals surface area contributed by atoms with Gasteiger partial charge in [-0.15, -0.1) is 11.3 Å². The first-order chi connectivity index (χ1) is 9.19. The normalized spacial score (nSPS) is 10.1. The minimum Gasteiger partial charge on any atom is -0.478 e. The molecular weight excluding hydrogens is 260 g/mol. The zero-order valence-corrected chi connectivity index (χ0v) is 10.9. The van der Waals surface area contributed by atoms with Gasteiger partial charge in [-0.3, -0.25) is 0 Å². The zero-order valence-electron chi connectivity index (χ0n) is 10.1. The van der Waals surface area contributed by atoms with E-state index in [0.717, 1.165) is 10.4 Å². The summed E-state index contributed by atoms with van der Waals surface area (Å²) in [5, 5.41) is 22.5. The van der Waals surface area contributed by atoms with Crippen LogP contribution in [0.3, 0.4) is 0 Å². The number of rotatable bonds is 5. The van der Waals surface area contributed by atoms with Crippen molar-refractivity contribution < 1.29 is 9.90 Å². The van der Waals surface area contributed by atoms with Gasteiger partial charge in [-0.05, 0) is 23.8 Å². The van der Waals surface area contributed by atoms with Crippen LogP contribution in [0, 0.1) is 11.3 Å². The minimum atomic E-state index is -0.899. The number of aromatic carboxylic acids is 1. The van der Waals surface area contributed by atoms with E-state index in [0.29, 0.717) is 24.2 Å². The summed E-state index contributed by atoms with van der Waals surface area (Å²) in [5.74, 6) is -0.899. The van der Waals surface area contributed by atoms with E-state index >= 15 is 0 Å². The van der Waals surface area contributed by atoms with Gasteiger partial charge in [0.25, 0.3) is 0 Å². The molecule has 0 radical (unpaired) electrons. The van der Waals surface area contributed by atoms with Gasteiger partial charge in [-0.1, -0.05) is 12.1 Å². The molecule has 4 nitrogen and oxygen atoms in total. The van der Waals surface area contributed by atoms with E-state index in [2.05, 4.69) is 11.4 Å². The average Bonchev–Trinajstić information content (AvgIpc) is 2.88. The number of nitrogens with zero attached hydrogens (tertiary/aromatic N) is 1. The van der Waals surface area contributed by atoms with Gasteiger partial charge in [0.1, 0.15) is 0 Å². The van der Waals surface area contributed by atoms with Crippen LogP contribution < -0.4 is 5.32 Å². The predicted molar refractivity (Wildman–Crippen MR) is 73.0 cm³/mol. The van der Waals surface area contributed by atoms with E-state index in [9.17, 15) is 4.79 Å². The van der Waals surface area contributed by atoms with Crippen LogP contribution in [0.5, 0.6) is 0 Å². The SMILES string of the molecule is N#Cc1cccc(CNCc2cc(C(=O)O)cs2)c1. The van der Waals surface area contributed by atoms with E-state index in [1.54, 1.807) is 17.5 Å². The Kier molecular flexibility index (Phi) is 4.29. The summed E-state index contributed by atoms with van der Waals surface area (Å²) in [4.78, 5) is 11.7. The number of nitrogens with one attached hydrogen (secondary N) is 1. The lowest BCUT2D eigenvalue weighted by Crippen LogP contribution is -2.11. The maximum atomic E-state index is 10.7. The molecule has 0 atom stereocenters. The Hall–Kier alpha value is -2.16. The van der Waals surface area contributed by atoms with Crippen LogP contribution in [-0.4, -0.2) is 11.1 Å². The molecular formula is C14H12N2O2S. The Morgan fingerprint density at radius 2 is 2.21 bits per heavy atom. The molecule has 0 bridgehead atoms. The van der Waals surface area contributed by atoms with Gasteiger partial charge < -0.3 is 10.4 Å². The Morgan fingerprint density at radius 1 is 1.37 bits per heavy atom. The summed E-state index contributed by atoms with van der Waals surface area (Å²) in [5.41, 5.74) is 2.01. The number of carbonyl (C=O) groups is 1. The summed E-state index contributed by atoms with van der Waals surface area (Å²) in [7, 11) is 0. The van der Waals surface area contributed by atoms with Gasteiger partial charge in [0.15, 0.2) is 0 Å². The zero-order chi connectivity index (χ0) is 13.7. The molecule has 0 unspecified atom stereocenters. The van der Waals surface area contributed by atoms with Crippen LogP contribution in [0.25, 0.3) is 0 Å². The van der Waals surface area contributed by atoms with Crippen molar-refractivity contribution in [3.05, 3.63) is 57.3 Å². The smallest absolute Gasteiger partial charge is 0.336 e. The molecule has 2 rings (SSSR count). The van der Waals surface area contributed by atoms with E-state index in [1.807, 2.05) is 18.2 Å². The van der Waals surface area contributed by atoms with Crippen molar-refractivity contribution >= 4 is 17.3 Å². The topological polar surface area (TPSA) is 73.1 Å². The van der Waals surface area contributed by atoms with Gasteiger partial charge in [0.2, 0.25) is 0 Å². The van der Waals surface area contributed by atoms with Gasteiger partial charge in [0, 0.05) is 23.3 Å². The first-order valence-electron chi connectivity index (χ1n) is 5.69.